The number of carbonyl (C=O) groups excluding carboxylic acids is 1. The molecule has 1 N–H and O–H groups in total. The van der Waals surface area contributed by atoms with E-state index in [9.17, 15) is 22.4 Å². The van der Waals surface area contributed by atoms with Gasteiger partial charge in [0.05, 0.1) is 34.7 Å². The van der Waals surface area contributed by atoms with Crippen molar-refractivity contribution in [2.75, 3.05) is 0 Å². The molecule has 4 nitrogen and oxygen atoms in total. The Bertz CT molecular complexity index is 1090. The number of hydrogen-bond acceptors (Lipinski definition) is 2. The predicted molar refractivity (Wildman–Crippen MR) is 105 cm³/mol. The second-order valence-electron chi connectivity index (χ2n) is 6.46. The van der Waals surface area contributed by atoms with E-state index in [0.29, 0.717) is 28.5 Å². The van der Waals surface area contributed by atoms with Crippen molar-refractivity contribution < 1.29 is 22.4 Å². The molecule has 0 radical (unpaired) electrons. The number of nitrogens with zero attached hydrogens (tertiary/aromatic N) is 2. The van der Waals surface area contributed by atoms with Gasteiger partial charge in [-0.05, 0) is 48.9 Å². The number of aromatic nitrogens is 2. The maximum Gasteiger partial charge on any atom is 0.419 e. The number of alkyl halides is 3. The first-order valence-corrected chi connectivity index (χ1v) is 9.10. The van der Waals surface area contributed by atoms with E-state index >= 15 is 0 Å². The Hall–Kier alpha value is -3.13. The van der Waals surface area contributed by atoms with Crippen molar-refractivity contribution in [1.29, 1.82) is 0 Å². The van der Waals surface area contributed by atoms with E-state index in [1.807, 2.05) is 0 Å². The summed E-state index contributed by atoms with van der Waals surface area (Å²) in [5.74, 6) is -1.95. The van der Waals surface area contributed by atoms with Gasteiger partial charge in [-0.3, -0.25) is 4.79 Å². The molecular formula is C21H16ClF4N3O. The van der Waals surface area contributed by atoms with Crippen LogP contribution in [-0.2, 0) is 6.18 Å². The van der Waals surface area contributed by atoms with Crippen LogP contribution >= 0.6 is 11.6 Å². The molecule has 0 aliphatic carbocycles. The summed E-state index contributed by atoms with van der Waals surface area (Å²) in [6.45, 7) is 5.24. The molecule has 0 saturated carbocycles. The molecule has 2 aromatic carbocycles. The van der Waals surface area contributed by atoms with Crippen LogP contribution in [0, 0.1) is 12.7 Å². The van der Waals surface area contributed by atoms with Crippen molar-refractivity contribution in [1.82, 2.24) is 15.1 Å². The Kier molecular flexibility index (Phi) is 5.98. The number of halogens is 5. The molecule has 0 fully saturated rings. The van der Waals surface area contributed by atoms with Gasteiger partial charge in [0.25, 0.3) is 5.91 Å². The van der Waals surface area contributed by atoms with Crippen LogP contribution in [0.15, 0.2) is 61.3 Å². The van der Waals surface area contributed by atoms with E-state index in [1.54, 1.807) is 31.2 Å². The summed E-state index contributed by atoms with van der Waals surface area (Å²) < 4.78 is 54.1. The molecule has 0 saturated heterocycles. The lowest BCUT2D eigenvalue weighted by atomic mass is 10.0. The Morgan fingerprint density at radius 1 is 1.23 bits per heavy atom. The normalized spacial score (nSPS) is 12.5. The van der Waals surface area contributed by atoms with Gasteiger partial charge in [-0.1, -0.05) is 23.7 Å². The molecule has 1 amide bonds. The van der Waals surface area contributed by atoms with Crippen LogP contribution in [0.25, 0.3) is 5.69 Å². The summed E-state index contributed by atoms with van der Waals surface area (Å²) in [6, 6.07) is 8.40. The van der Waals surface area contributed by atoms with Gasteiger partial charge in [-0.2, -0.15) is 18.3 Å². The SMILES string of the molecule is C=CC(NC(=O)c1cnn(-c2ccc(Cl)cc2)c1C)c1ccc(F)c(C(F)(F)F)c1. The van der Waals surface area contributed by atoms with E-state index in [-0.39, 0.29) is 11.1 Å². The summed E-state index contributed by atoms with van der Waals surface area (Å²) in [7, 11) is 0. The Morgan fingerprint density at radius 3 is 2.50 bits per heavy atom. The average Bonchev–Trinajstić information content (AvgIpc) is 3.07. The van der Waals surface area contributed by atoms with E-state index < -0.39 is 29.5 Å². The maximum atomic E-state index is 13.5. The van der Waals surface area contributed by atoms with Gasteiger partial charge in [0, 0.05) is 5.02 Å². The first kappa shape index (κ1) is 21.6. The Labute approximate surface area is 174 Å². The van der Waals surface area contributed by atoms with Crippen LogP contribution in [0.1, 0.15) is 33.2 Å². The monoisotopic (exact) mass is 437 g/mol. The zero-order valence-electron chi connectivity index (χ0n) is 15.7. The van der Waals surface area contributed by atoms with Crippen LogP contribution in [0.5, 0.6) is 0 Å². The maximum absolute atomic E-state index is 13.5. The zero-order valence-corrected chi connectivity index (χ0v) is 16.4. The molecule has 1 heterocycles. The second-order valence-corrected chi connectivity index (χ2v) is 6.89. The van der Waals surface area contributed by atoms with Gasteiger partial charge in [-0.25, -0.2) is 9.07 Å². The van der Waals surface area contributed by atoms with E-state index in [2.05, 4.69) is 17.0 Å². The van der Waals surface area contributed by atoms with Crippen molar-refractivity contribution >= 4 is 17.5 Å². The Morgan fingerprint density at radius 2 is 1.90 bits per heavy atom. The highest BCUT2D eigenvalue weighted by Crippen LogP contribution is 2.33. The quantitative estimate of drug-likeness (QED) is 0.414. The van der Waals surface area contributed by atoms with Crippen molar-refractivity contribution in [2.24, 2.45) is 0 Å². The molecule has 0 aliphatic heterocycles. The van der Waals surface area contributed by atoms with Gasteiger partial charge in [0.2, 0.25) is 0 Å². The smallest absolute Gasteiger partial charge is 0.342 e. The standard InChI is InChI=1S/C21H16ClF4N3O/c1-3-19(13-4-9-18(23)17(10-13)21(24,25)26)28-20(30)16-11-27-29(12(16)2)15-7-5-14(22)6-8-15/h3-11,19H,1H2,2H3,(H,28,30). The highest BCUT2D eigenvalue weighted by molar-refractivity contribution is 6.30. The molecule has 1 aromatic heterocycles. The van der Waals surface area contributed by atoms with Gasteiger partial charge < -0.3 is 5.32 Å². The van der Waals surface area contributed by atoms with E-state index in [4.69, 9.17) is 11.6 Å². The van der Waals surface area contributed by atoms with Gasteiger partial charge in [0.1, 0.15) is 5.82 Å². The minimum absolute atomic E-state index is 0.0508. The molecule has 156 valence electrons. The molecule has 9 heteroatoms. The summed E-state index contributed by atoms with van der Waals surface area (Å²) >= 11 is 5.88. The van der Waals surface area contributed by atoms with Crippen LogP contribution in [0.3, 0.4) is 0 Å². The summed E-state index contributed by atoms with van der Waals surface area (Å²) in [5, 5.41) is 7.33. The zero-order chi connectivity index (χ0) is 22.1. The third kappa shape index (κ3) is 4.38. The molecule has 0 spiro atoms. The lowest BCUT2D eigenvalue weighted by Gasteiger charge is -2.17. The van der Waals surface area contributed by atoms with Gasteiger partial charge in [0.15, 0.2) is 0 Å². The number of amides is 1. The topological polar surface area (TPSA) is 46.9 Å². The Balaban J connectivity index is 1.86. The van der Waals surface area contributed by atoms with Crippen LogP contribution in [0.4, 0.5) is 17.6 Å². The fraction of sp³-hybridized carbons (Fsp3) is 0.143. The fourth-order valence-corrected chi connectivity index (χ4v) is 3.05. The van der Waals surface area contributed by atoms with Crippen molar-refractivity contribution in [3.8, 4) is 5.69 Å². The third-order valence-electron chi connectivity index (χ3n) is 4.50. The minimum Gasteiger partial charge on any atom is -0.342 e. The predicted octanol–water partition coefficient (Wildman–Crippen LogP) is 5.65. The molecule has 0 bridgehead atoms. The molecule has 3 rings (SSSR count). The lowest BCUT2D eigenvalue weighted by Crippen LogP contribution is -2.28. The molecule has 1 atom stereocenters. The molecule has 3 aromatic rings. The molecular weight excluding hydrogens is 422 g/mol. The second kappa shape index (κ2) is 8.31. The molecule has 30 heavy (non-hydrogen) atoms. The number of nitrogens with one attached hydrogen (secondary N) is 1. The third-order valence-corrected chi connectivity index (χ3v) is 4.75. The largest absolute Gasteiger partial charge is 0.419 e. The average molecular weight is 438 g/mol. The van der Waals surface area contributed by atoms with Crippen molar-refractivity contribution in [3.63, 3.8) is 0 Å². The van der Waals surface area contributed by atoms with E-state index in [1.165, 1.54) is 23.0 Å². The van der Waals surface area contributed by atoms with Crippen LogP contribution < -0.4 is 5.32 Å². The summed E-state index contributed by atoms with van der Waals surface area (Å²) in [5.41, 5.74) is 0.0786. The van der Waals surface area contributed by atoms with E-state index in [0.717, 1.165) is 0 Å². The van der Waals surface area contributed by atoms with Crippen molar-refractivity contribution in [3.05, 3.63) is 94.5 Å². The first-order valence-electron chi connectivity index (χ1n) is 8.72. The van der Waals surface area contributed by atoms with Gasteiger partial charge in [-0.15, -0.1) is 6.58 Å². The lowest BCUT2D eigenvalue weighted by molar-refractivity contribution is -0.140. The van der Waals surface area contributed by atoms with Crippen LogP contribution in [-0.4, -0.2) is 15.7 Å². The molecule has 0 aliphatic rings. The minimum atomic E-state index is -4.86. The van der Waals surface area contributed by atoms with Crippen molar-refractivity contribution in [2.45, 2.75) is 19.1 Å². The number of benzene rings is 2. The highest BCUT2D eigenvalue weighted by Gasteiger charge is 2.34. The fourth-order valence-electron chi connectivity index (χ4n) is 2.93. The van der Waals surface area contributed by atoms with Crippen LogP contribution in [0.2, 0.25) is 5.02 Å². The molecule has 1 unspecified atom stereocenters. The van der Waals surface area contributed by atoms with Gasteiger partial charge >= 0.3 is 6.18 Å². The first-order chi connectivity index (χ1) is 14.1. The number of rotatable bonds is 5. The number of hydrogen-bond donors (Lipinski definition) is 1. The summed E-state index contributed by atoms with van der Waals surface area (Å²) in [6.07, 6.45) is -2.23. The highest BCUT2D eigenvalue weighted by atomic mass is 35.5. The number of carbonyl (C=O) groups is 1. The summed E-state index contributed by atoms with van der Waals surface area (Å²) in [4.78, 5) is 12.7.